The van der Waals surface area contributed by atoms with Crippen molar-refractivity contribution in [2.24, 2.45) is 5.73 Å². The van der Waals surface area contributed by atoms with Crippen LogP contribution in [0.2, 0.25) is 0 Å². The minimum Gasteiger partial charge on any atom is -0.353 e. The molecule has 15 heavy (non-hydrogen) atoms. The molecule has 0 amide bonds. The van der Waals surface area contributed by atoms with Gasteiger partial charge in [0.05, 0.1) is 5.69 Å². The van der Waals surface area contributed by atoms with Gasteiger partial charge in [0, 0.05) is 19.1 Å². The van der Waals surface area contributed by atoms with Gasteiger partial charge in [0.25, 0.3) is 0 Å². The molecule has 0 saturated carbocycles. The fraction of sp³-hybridized carbons (Fsp3) is 0.636. The summed E-state index contributed by atoms with van der Waals surface area (Å²) in [7, 11) is 2.04. The Morgan fingerprint density at radius 1 is 1.33 bits per heavy atom. The summed E-state index contributed by atoms with van der Waals surface area (Å²) >= 11 is 0. The van der Waals surface area contributed by atoms with Gasteiger partial charge in [-0.3, -0.25) is 0 Å². The maximum Gasteiger partial charge on any atom is 0.151 e. The molecular weight excluding hydrogens is 188 g/mol. The molecule has 84 valence electrons. The minimum atomic E-state index is 0.0961. The first-order valence-electron chi connectivity index (χ1n) is 5.27. The Hall–Kier alpha value is -1.16. The fourth-order valence-corrected chi connectivity index (χ4v) is 1.19. The lowest BCUT2D eigenvalue weighted by molar-refractivity contribution is 0.465. The van der Waals surface area contributed by atoms with Gasteiger partial charge in [0.15, 0.2) is 5.82 Å². The van der Waals surface area contributed by atoms with Crippen molar-refractivity contribution >= 4 is 5.82 Å². The number of rotatable bonds is 4. The van der Waals surface area contributed by atoms with Crippen LogP contribution in [-0.2, 0) is 6.54 Å². The minimum absolute atomic E-state index is 0.0961. The Kier molecular flexibility index (Phi) is 3.63. The second kappa shape index (κ2) is 4.57. The smallest absolute Gasteiger partial charge is 0.151 e. The van der Waals surface area contributed by atoms with Crippen molar-refractivity contribution in [2.75, 3.05) is 11.9 Å². The second-order valence-corrected chi connectivity index (χ2v) is 4.31. The maximum absolute atomic E-state index is 5.47. The van der Waals surface area contributed by atoms with Crippen LogP contribution in [0.4, 0.5) is 5.82 Å². The molecule has 0 aliphatic rings. The van der Waals surface area contributed by atoms with E-state index in [4.69, 9.17) is 5.73 Å². The highest BCUT2D eigenvalue weighted by molar-refractivity contribution is 5.39. The molecule has 4 heteroatoms. The van der Waals surface area contributed by atoms with Crippen molar-refractivity contribution < 1.29 is 0 Å². The Labute approximate surface area is 91.5 Å². The van der Waals surface area contributed by atoms with Crippen molar-refractivity contribution in [3.05, 3.63) is 17.8 Å². The summed E-state index contributed by atoms with van der Waals surface area (Å²) in [5, 5.41) is 8.21. The molecule has 0 unspecified atom stereocenters. The molecule has 1 heterocycles. The predicted octanol–water partition coefficient (Wildman–Crippen LogP) is 1.56. The van der Waals surface area contributed by atoms with Crippen LogP contribution in [0, 0.1) is 0 Å². The average molecular weight is 208 g/mol. The van der Waals surface area contributed by atoms with E-state index >= 15 is 0 Å². The Balaban J connectivity index is 2.87. The number of nitrogens with two attached hydrogens (primary N) is 1. The zero-order valence-corrected chi connectivity index (χ0v) is 9.99. The summed E-state index contributed by atoms with van der Waals surface area (Å²) in [5.41, 5.74) is 6.39. The zero-order valence-electron chi connectivity index (χ0n) is 9.99. The summed E-state index contributed by atoms with van der Waals surface area (Å²) in [6, 6.07) is 3.89. The molecule has 1 aromatic heterocycles. The van der Waals surface area contributed by atoms with Crippen LogP contribution in [0.15, 0.2) is 12.1 Å². The van der Waals surface area contributed by atoms with E-state index in [9.17, 15) is 0 Å². The standard InChI is InChI=1S/C11H20N4/c1-5-11(2,3)15(4)10-7-6-9(8-12)13-14-10/h6-7H,5,8,12H2,1-4H3. The van der Waals surface area contributed by atoms with Crippen LogP contribution >= 0.6 is 0 Å². The Bertz CT molecular complexity index is 305. The first-order chi connectivity index (χ1) is 7.01. The molecule has 1 aromatic rings. The van der Waals surface area contributed by atoms with Crippen molar-refractivity contribution in [2.45, 2.75) is 39.3 Å². The van der Waals surface area contributed by atoms with Gasteiger partial charge >= 0.3 is 0 Å². The van der Waals surface area contributed by atoms with Crippen molar-refractivity contribution in [3.63, 3.8) is 0 Å². The second-order valence-electron chi connectivity index (χ2n) is 4.31. The van der Waals surface area contributed by atoms with E-state index < -0.39 is 0 Å². The molecule has 0 aromatic carbocycles. The van der Waals surface area contributed by atoms with Gasteiger partial charge in [0.1, 0.15) is 0 Å². The Morgan fingerprint density at radius 3 is 2.40 bits per heavy atom. The van der Waals surface area contributed by atoms with E-state index in [1.807, 2.05) is 19.2 Å². The molecule has 0 spiro atoms. The molecule has 0 bridgehead atoms. The van der Waals surface area contributed by atoms with Gasteiger partial charge in [-0.15, -0.1) is 5.10 Å². The normalized spacial score (nSPS) is 11.5. The lowest BCUT2D eigenvalue weighted by Gasteiger charge is -2.35. The molecule has 1 rings (SSSR count). The molecular formula is C11H20N4. The van der Waals surface area contributed by atoms with Gasteiger partial charge in [-0.25, -0.2) is 0 Å². The molecule has 0 fully saturated rings. The number of anilines is 1. The molecule has 0 radical (unpaired) electrons. The number of nitrogens with zero attached hydrogens (tertiary/aromatic N) is 3. The molecule has 4 nitrogen and oxygen atoms in total. The van der Waals surface area contributed by atoms with Gasteiger partial charge in [0.2, 0.25) is 0 Å². The first-order valence-corrected chi connectivity index (χ1v) is 5.27. The largest absolute Gasteiger partial charge is 0.353 e. The van der Waals surface area contributed by atoms with E-state index in [0.29, 0.717) is 6.54 Å². The van der Waals surface area contributed by atoms with Crippen LogP contribution in [0.3, 0.4) is 0 Å². The van der Waals surface area contributed by atoms with Crippen LogP contribution in [-0.4, -0.2) is 22.8 Å². The summed E-state index contributed by atoms with van der Waals surface area (Å²) in [4.78, 5) is 2.14. The molecule has 0 aliphatic heterocycles. The number of hydrogen-bond donors (Lipinski definition) is 1. The molecule has 0 aliphatic carbocycles. The fourth-order valence-electron chi connectivity index (χ4n) is 1.19. The highest BCUT2D eigenvalue weighted by Gasteiger charge is 2.22. The van der Waals surface area contributed by atoms with Crippen LogP contribution in [0.5, 0.6) is 0 Å². The van der Waals surface area contributed by atoms with Crippen LogP contribution in [0.25, 0.3) is 0 Å². The summed E-state index contributed by atoms with van der Waals surface area (Å²) in [5.74, 6) is 0.888. The highest BCUT2D eigenvalue weighted by atomic mass is 15.3. The Morgan fingerprint density at radius 2 is 2.00 bits per heavy atom. The quantitative estimate of drug-likeness (QED) is 0.816. The average Bonchev–Trinajstić information content (AvgIpc) is 2.28. The van der Waals surface area contributed by atoms with E-state index in [0.717, 1.165) is 17.9 Å². The van der Waals surface area contributed by atoms with E-state index in [-0.39, 0.29) is 5.54 Å². The van der Waals surface area contributed by atoms with Gasteiger partial charge < -0.3 is 10.6 Å². The summed E-state index contributed by atoms with van der Waals surface area (Å²) < 4.78 is 0. The van der Waals surface area contributed by atoms with E-state index in [1.54, 1.807) is 0 Å². The SMILES string of the molecule is CCC(C)(C)N(C)c1ccc(CN)nn1. The van der Waals surface area contributed by atoms with Crippen molar-refractivity contribution in [1.82, 2.24) is 10.2 Å². The first kappa shape index (κ1) is 11.9. The van der Waals surface area contributed by atoms with Gasteiger partial charge in [-0.05, 0) is 32.4 Å². The lowest BCUT2D eigenvalue weighted by Crippen LogP contribution is -2.41. The summed E-state index contributed by atoms with van der Waals surface area (Å²) in [6.07, 6.45) is 1.06. The van der Waals surface area contributed by atoms with Crippen molar-refractivity contribution in [3.8, 4) is 0 Å². The summed E-state index contributed by atoms with van der Waals surface area (Å²) in [6.45, 7) is 6.98. The maximum atomic E-state index is 5.47. The number of aromatic nitrogens is 2. The zero-order chi connectivity index (χ0) is 11.5. The molecule has 0 atom stereocenters. The number of hydrogen-bond acceptors (Lipinski definition) is 4. The van der Waals surface area contributed by atoms with Crippen LogP contribution in [0.1, 0.15) is 32.9 Å². The van der Waals surface area contributed by atoms with E-state index in [2.05, 4.69) is 35.9 Å². The highest BCUT2D eigenvalue weighted by Crippen LogP contribution is 2.22. The monoisotopic (exact) mass is 208 g/mol. The van der Waals surface area contributed by atoms with Crippen LogP contribution < -0.4 is 10.6 Å². The lowest BCUT2D eigenvalue weighted by atomic mass is 10.0. The van der Waals surface area contributed by atoms with Gasteiger partial charge in [-0.2, -0.15) is 5.10 Å². The van der Waals surface area contributed by atoms with E-state index in [1.165, 1.54) is 0 Å². The predicted molar refractivity (Wildman–Crippen MR) is 62.7 cm³/mol. The third-order valence-corrected chi connectivity index (χ3v) is 3.03. The molecule has 2 N–H and O–H groups in total. The van der Waals surface area contributed by atoms with Crippen molar-refractivity contribution in [1.29, 1.82) is 0 Å². The topological polar surface area (TPSA) is 55.0 Å². The third-order valence-electron chi connectivity index (χ3n) is 3.03. The third kappa shape index (κ3) is 2.65. The molecule has 0 saturated heterocycles. The van der Waals surface area contributed by atoms with Gasteiger partial charge in [-0.1, -0.05) is 6.92 Å².